The summed E-state index contributed by atoms with van der Waals surface area (Å²) in [6, 6.07) is 13.1. The summed E-state index contributed by atoms with van der Waals surface area (Å²) in [5, 5.41) is 3.53. The largest absolute Gasteiger partial charge is 0.340 e. The molecule has 0 bridgehead atoms. The fourth-order valence-corrected chi connectivity index (χ4v) is 4.79. The van der Waals surface area contributed by atoms with E-state index in [0.717, 1.165) is 16.8 Å². The molecule has 2 heterocycles. The standard InChI is InChI=1S/C25H29ClN4O3/c1-17-6-5-7-18(2)24(17)27-22(31)16-28-10-12-29(13-11-28)25(33)19-14-23(32)30(15-19)21-9-4-3-8-20(21)26/h3-9,19H,10-16H2,1-2H3,(H,27,31). The summed E-state index contributed by atoms with van der Waals surface area (Å²) in [5.41, 5.74) is 3.59. The topological polar surface area (TPSA) is 73.0 Å². The number of hydrogen-bond donors (Lipinski definition) is 1. The summed E-state index contributed by atoms with van der Waals surface area (Å²) >= 11 is 6.24. The van der Waals surface area contributed by atoms with Crippen LogP contribution in [-0.4, -0.2) is 66.8 Å². The average Bonchev–Trinajstić information content (AvgIpc) is 3.18. The highest BCUT2D eigenvalue weighted by Gasteiger charge is 2.38. The minimum atomic E-state index is -0.368. The first-order valence-corrected chi connectivity index (χ1v) is 11.6. The molecule has 2 fully saturated rings. The lowest BCUT2D eigenvalue weighted by Crippen LogP contribution is -2.52. The lowest BCUT2D eigenvalue weighted by molar-refractivity contribution is -0.137. The number of halogens is 1. The molecule has 2 aliphatic rings. The average molecular weight is 469 g/mol. The fourth-order valence-electron chi connectivity index (χ4n) is 4.55. The van der Waals surface area contributed by atoms with E-state index in [0.29, 0.717) is 43.4 Å². The van der Waals surface area contributed by atoms with Gasteiger partial charge in [-0.05, 0) is 37.1 Å². The highest BCUT2D eigenvalue weighted by atomic mass is 35.5. The summed E-state index contributed by atoms with van der Waals surface area (Å²) in [6.45, 7) is 6.94. The monoisotopic (exact) mass is 468 g/mol. The van der Waals surface area contributed by atoms with Gasteiger partial charge in [0, 0.05) is 44.8 Å². The Labute approximate surface area is 199 Å². The van der Waals surface area contributed by atoms with Crippen molar-refractivity contribution in [2.75, 3.05) is 49.5 Å². The van der Waals surface area contributed by atoms with Crippen LogP contribution in [0.1, 0.15) is 17.5 Å². The highest BCUT2D eigenvalue weighted by molar-refractivity contribution is 6.33. The van der Waals surface area contributed by atoms with Crippen LogP contribution in [0.15, 0.2) is 42.5 Å². The Morgan fingerprint density at radius 2 is 1.67 bits per heavy atom. The molecule has 2 saturated heterocycles. The molecule has 8 heteroatoms. The predicted molar refractivity (Wildman–Crippen MR) is 129 cm³/mol. The molecule has 2 aliphatic heterocycles. The maximum atomic E-state index is 13.1. The Morgan fingerprint density at radius 3 is 2.33 bits per heavy atom. The third-order valence-electron chi connectivity index (χ3n) is 6.41. The number of aryl methyl sites for hydroxylation is 2. The second-order valence-electron chi connectivity index (χ2n) is 8.77. The van der Waals surface area contributed by atoms with Crippen molar-refractivity contribution in [2.45, 2.75) is 20.3 Å². The molecule has 1 N–H and O–H groups in total. The van der Waals surface area contributed by atoms with E-state index in [4.69, 9.17) is 11.6 Å². The van der Waals surface area contributed by atoms with Crippen LogP contribution in [0.2, 0.25) is 5.02 Å². The molecule has 2 aromatic carbocycles. The number of hydrogen-bond acceptors (Lipinski definition) is 4. The van der Waals surface area contributed by atoms with Gasteiger partial charge in [0.15, 0.2) is 0 Å². The molecule has 4 rings (SSSR count). The summed E-state index contributed by atoms with van der Waals surface area (Å²) in [7, 11) is 0. The number of carbonyl (C=O) groups is 3. The molecule has 0 saturated carbocycles. The van der Waals surface area contributed by atoms with Crippen molar-refractivity contribution in [2.24, 2.45) is 5.92 Å². The van der Waals surface area contributed by atoms with Gasteiger partial charge in [0.1, 0.15) is 0 Å². The molecule has 1 unspecified atom stereocenters. The molecule has 0 aliphatic carbocycles. The second-order valence-corrected chi connectivity index (χ2v) is 9.18. The van der Waals surface area contributed by atoms with Crippen LogP contribution in [0.3, 0.4) is 0 Å². The normalized spacial score (nSPS) is 19.1. The van der Waals surface area contributed by atoms with Crippen molar-refractivity contribution in [1.82, 2.24) is 9.80 Å². The van der Waals surface area contributed by atoms with Crippen LogP contribution in [0, 0.1) is 19.8 Å². The minimum Gasteiger partial charge on any atom is -0.340 e. The molecule has 0 radical (unpaired) electrons. The van der Waals surface area contributed by atoms with Crippen molar-refractivity contribution < 1.29 is 14.4 Å². The molecule has 1 atom stereocenters. The number of nitrogens with zero attached hydrogens (tertiary/aromatic N) is 3. The molecule has 0 spiro atoms. The van der Waals surface area contributed by atoms with E-state index in [1.165, 1.54) is 0 Å². The van der Waals surface area contributed by atoms with Gasteiger partial charge >= 0.3 is 0 Å². The van der Waals surface area contributed by atoms with Crippen molar-refractivity contribution in [3.8, 4) is 0 Å². The molecule has 33 heavy (non-hydrogen) atoms. The maximum absolute atomic E-state index is 13.1. The lowest BCUT2D eigenvalue weighted by Gasteiger charge is -2.35. The first-order chi connectivity index (χ1) is 15.8. The minimum absolute atomic E-state index is 0.00228. The number of anilines is 2. The quantitative estimate of drug-likeness (QED) is 0.731. The number of piperazine rings is 1. The van der Waals surface area contributed by atoms with E-state index in [2.05, 4.69) is 10.2 Å². The van der Waals surface area contributed by atoms with Gasteiger partial charge in [0.2, 0.25) is 17.7 Å². The first kappa shape index (κ1) is 23.3. The van der Waals surface area contributed by atoms with Crippen molar-refractivity contribution in [1.29, 1.82) is 0 Å². The van der Waals surface area contributed by atoms with Crippen LogP contribution in [0.4, 0.5) is 11.4 Å². The molecule has 7 nitrogen and oxygen atoms in total. The zero-order chi connectivity index (χ0) is 23.5. The van der Waals surface area contributed by atoms with Gasteiger partial charge in [-0.1, -0.05) is 41.9 Å². The molecule has 2 aromatic rings. The van der Waals surface area contributed by atoms with Crippen LogP contribution >= 0.6 is 11.6 Å². The maximum Gasteiger partial charge on any atom is 0.238 e. The molecular weight excluding hydrogens is 440 g/mol. The second kappa shape index (κ2) is 9.93. The van der Waals surface area contributed by atoms with E-state index < -0.39 is 0 Å². The Morgan fingerprint density at radius 1 is 1.00 bits per heavy atom. The molecular formula is C25H29ClN4O3. The summed E-state index contributed by atoms with van der Waals surface area (Å²) < 4.78 is 0. The number of carbonyl (C=O) groups excluding carboxylic acids is 3. The smallest absolute Gasteiger partial charge is 0.238 e. The van der Waals surface area contributed by atoms with Crippen LogP contribution in [-0.2, 0) is 14.4 Å². The highest BCUT2D eigenvalue weighted by Crippen LogP contribution is 2.31. The van der Waals surface area contributed by atoms with Crippen LogP contribution in [0.25, 0.3) is 0 Å². The zero-order valence-electron chi connectivity index (χ0n) is 19.0. The number of rotatable bonds is 5. The summed E-state index contributed by atoms with van der Waals surface area (Å²) in [6.07, 6.45) is 0.197. The lowest BCUT2D eigenvalue weighted by atomic mass is 10.1. The first-order valence-electron chi connectivity index (χ1n) is 11.3. The van der Waals surface area contributed by atoms with Gasteiger partial charge in [-0.3, -0.25) is 19.3 Å². The van der Waals surface area contributed by atoms with Crippen molar-refractivity contribution in [3.05, 3.63) is 58.6 Å². The predicted octanol–water partition coefficient (Wildman–Crippen LogP) is 3.09. The van der Waals surface area contributed by atoms with Crippen LogP contribution in [0.5, 0.6) is 0 Å². The van der Waals surface area contributed by atoms with Crippen LogP contribution < -0.4 is 10.2 Å². The number of para-hydroxylation sites is 2. The number of nitrogens with one attached hydrogen (secondary N) is 1. The SMILES string of the molecule is Cc1cccc(C)c1NC(=O)CN1CCN(C(=O)C2CC(=O)N(c3ccccc3Cl)C2)CC1. The third kappa shape index (κ3) is 5.20. The van der Waals surface area contributed by atoms with E-state index in [9.17, 15) is 14.4 Å². The van der Waals surface area contributed by atoms with Gasteiger partial charge in [-0.15, -0.1) is 0 Å². The zero-order valence-corrected chi connectivity index (χ0v) is 19.8. The van der Waals surface area contributed by atoms with Crippen molar-refractivity contribution in [3.63, 3.8) is 0 Å². The van der Waals surface area contributed by atoms with E-state index in [1.54, 1.807) is 17.0 Å². The van der Waals surface area contributed by atoms with E-state index >= 15 is 0 Å². The Hall–Kier alpha value is -2.90. The van der Waals surface area contributed by atoms with Gasteiger partial charge in [-0.2, -0.15) is 0 Å². The van der Waals surface area contributed by atoms with Crippen molar-refractivity contribution >= 4 is 40.7 Å². The molecule has 3 amide bonds. The van der Waals surface area contributed by atoms with E-state index in [1.807, 2.05) is 49.1 Å². The summed E-state index contributed by atoms with van der Waals surface area (Å²) in [5.74, 6) is -0.502. The third-order valence-corrected chi connectivity index (χ3v) is 6.73. The summed E-state index contributed by atoms with van der Waals surface area (Å²) in [4.78, 5) is 43.6. The number of benzene rings is 2. The van der Waals surface area contributed by atoms with Gasteiger partial charge in [0.05, 0.1) is 23.2 Å². The number of amides is 3. The Balaban J connectivity index is 1.28. The fraction of sp³-hybridized carbons (Fsp3) is 0.400. The van der Waals surface area contributed by atoms with Gasteiger partial charge in [0.25, 0.3) is 0 Å². The van der Waals surface area contributed by atoms with E-state index in [-0.39, 0.29) is 36.6 Å². The Kier molecular flexibility index (Phi) is 7.00. The Bertz CT molecular complexity index is 1050. The molecule has 174 valence electrons. The molecule has 0 aromatic heterocycles. The van der Waals surface area contributed by atoms with Gasteiger partial charge < -0.3 is 15.1 Å². The van der Waals surface area contributed by atoms with Gasteiger partial charge in [-0.25, -0.2) is 0 Å².